The predicted molar refractivity (Wildman–Crippen MR) is 82.3 cm³/mol. The predicted octanol–water partition coefficient (Wildman–Crippen LogP) is 3.98. The Balaban J connectivity index is 2.32. The van der Waals surface area contributed by atoms with Crippen LogP contribution < -0.4 is 5.73 Å². The average molecular weight is 273 g/mol. The minimum atomic E-state index is 0.395. The summed E-state index contributed by atoms with van der Waals surface area (Å²) < 4.78 is 5.14. The molecule has 3 heteroatoms. The molecule has 0 amide bonds. The maximum Gasteiger partial charge on any atom is 0.0553 e. The van der Waals surface area contributed by atoms with Gasteiger partial charge in [0.25, 0.3) is 0 Å². The van der Waals surface area contributed by atoms with E-state index in [4.69, 9.17) is 10.5 Å². The van der Waals surface area contributed by atoms with E-state index in [-0.39, 0.29) is 0 Å². The standard InChI is InChI=1S/C15H31NOS/c1-17-12-13-18-15-11-9-7-5-3-2-4-6-8-10-14(15)16/h14-15H,2-13,16H2,1H3. The summed E-state index contributed by atoms with van der Waals surface area (Å²) in [6, 6.07) is 0.395. The van der Waals surface area contributed by atoms with Gasteiger partial charge in [0.1, 0.15) is 0 Å². The van der Waals surface area contributed by atoms with Crippen LogP contribution in [-0.2, 0) is 4.74 Å². The molecule has 0 aromatic carbocycles. The molecule has 0 aliphatic heterocycles. The second kappa shape index (κ2) is 11.1. The zero-order valence-corrected chi connectivity index (χ0v) is 12.9. The van der Waals surface area contributed by atoms with E-state index in [9.17, 15) is 0 Å². The van der Waals surface area contributed by atoms with Crippen LogP contribution in [0.15, 0.2) is 0 Å². The van der Waals surface area contributed by atoms with Gasteiger partial charge in [-0.2, -0.15) is 11.8 Å². The van der Waals surface area contributed by atoms with Gasteiger partial charge in [-0.25, -0.2) is 0 Å². The monoisotopic (exact) mass is 273 g/mol. The van der Waals surface area contributed by atoms with E-state index in [1.807, 2.05) is 11.8 Å². The van der Waals surface area contributed by atoms with Gasteiger partial charge in [0.15, 0.2) is 0 Å². The van der Waals surface area contributed by atoms with Crippen molar-refractivity contribution in [2.45, 2.75) is 75.5 Å². The Morgan fingerprint density at radius 3 is 2.11 bits per heavy atom. The molecular weight excluding hydrogens is 242 g/mol. The van der Waals surface area contributed by atoms with Crippen LogP contribution in [0.1, 0.15) is 64.2 Å². The lowest BCUT2D eigenvalue weighted by atomic mass is 9.98. The van der Waals surface area contributed by atoms with Crippen molar-refractivity contribution in [2.75, 3.05) is 19.5 Å². The normalized spacial score (nSPS) is 28.3. The summed E-state index contributed by atoms with van der Waals surface area (Å²) in [5, 5.41) is 0.652. The fourth-order valence-electron chi connectivity index (χ4n) is 2.68. The lowest BCUT2D eigenvalue weighted by Crippen LogP contribution is -2.33. The Morgan fingerprint density at radius 2 is 1.50 bits per heavy atom. The molecule has 0 aromatic rings. The topological polar surface area (TPSA) is 35.2 Å². The Labute approximate surface area is 117 Å². The second-order valence-electron chi connectivity index (χ2n) is 5.47. The van der Waals surface area contributed by atoms with Crippen LogP contribution in [0.4, 0.5) is 0 Å². The fourth-order valence-corrected chi connectivity index (χ4v) is 3.96. The van der Waals surface area contributed by atoms with Crippen molar-refractivity contribution in [1.29, 1.82) is 0 Å². The van der Waals surface area contributed by atoms with Gasteiger partial charge in [-0.3, -0.25) is 0 Å². The van der Waals surface area contributed by atoms with Crippen molar-refractivity contribution in [3.8, 4) is 0 Å². The number of methoxy groups -OCH3 is 1. The quantitative estimate of drug-likeness (QED) is 0.787. The zero-order valence-electron chi connectivity index (χ0n) is 12.0. The summed E-state index contributed by atoms with van der Waals surface area (Å²) in [4.78, 5) is 0. The molecule has 2 unspecified atom stereocenters. The van der Waals surface area contributed by atoms with Gasteiger partial charge < -0.3 is 10.5 Å². The molecular formula is C15H31NOS. The van der Waals surface area contributed by atoms with Crippen LogP contribution in [0, 0.1) is 0 Å². The molecule has 1 aliphatic carbocycles. The van der Waals surface area contributed by atoms with E-state index in [0.29, 0.717) is 11.3 Å². The third-order valence-corrected chi connectivity index (χ3v) is 5.29. The summed E-state index contributed by atoms with van der Waals surface area (Å²) in [7, 11) is 1.78. The molecule has 2 N–H and O–H groups in total. The first-order valence-corrected chi connectivity index (χ1v) is 8.75. The fraction of sp³-hybridized carbons (Fsp3) is 1.00. The highest BCUT2D eigenvalue weighted by molar-refractivity contribution is 7.99. The molecule has 1 aliphatic rings. The van der Waals surface area contributed by atoms with Crippen LogP contribution in [0.2, 0.25) is 0 Å². The Bertz CT molecular complexity index is 189. The molecule has 2 atom stereocenters. The molecule has 0 bridgehead atoms. The highest BCUT2D eigenvalue weighted by atomic mass is 32.2. The molecule has 0 radical (unpaired) electrons. The van der Waals surface area contributed by atoms with E-state index in [2.05, 4.69) is 0 Å². The number of ether oxygens (including phenoxy) is 1. The van der Waals surface area contributed by atoms with Crippen molar-refractivity contribution in [3.05, 3.63) is 0 Å². The first-order valence-electron chi connectivity index (χ1n) is 7.70. The largest absolute Gasteiger partial charge is 0.384 e. The van der Waals surface area contributed by atoms with E-state index < -0.39 is 0 Å². The van der Waals surface area contributed by atoms with Gasteiger partial charge in [-0.05, 0) is 12.8 Å². The molecule has 0 aromatic heterocycles. The van der Waals surface area contributed by atoms with Crippen molar-refractivity contribution in [3.63, 3.8) is 0 Å². The van der Waals surface area contributed by atoms with E-state index in [0.717, 1.165) is 12.4 Å². The molecule has 1 saturated carbocycles. The molecule has 0 heterocycles. The van der Waals surface area contributed by atoms with Gasteiger partial charge >= 0.3 is 0 Å². The number of hydrogen-bond donors (Lipinski definition) is 1. The summed E-state index contributed by atoms with van der Waals surface area (Å²) in [5.74, 6) is 1.09. The molecule has 1 fully saturated rings. The minimum absolute atomic E-state index is 0.395. The summed E-state index contributed by atoms with van der Waals surface area (Å²) in [6.07, 6.45) is 13.7. The molecule has 0 spiro atoms. The summed E-state index contributed by atoms with van der Waals surface area (Å²) in [6.45, 7) is 0.855. The van der Waals surface area contributed by atoms with Crippen LogP contribution in [-0.4, -0.2) is 30.8 Å². The highest BCUT2D eigenvalue weighted by Gasteiger charge is 2.17. The third-order valence-electron chi connectivity index (χ3n) is 3.87. The number of hydrogen-bond acceptors (Lipinski definition) is 3. The minimum Gasteiger partial charge on any atom is -0.384 e. The maximum atomic E-state index is 6.38. The van der Waals surface area contributed by atoms with Gasteiger partial charge in [0.2, 0.25) is 0 Å². The lowest BCUT2D eigenvalue weighted by molar-refractivity contribution is 0.218. The number of nitrogens with two attached hydrogens (primary N) is 1. The summed E-state index contributed by atoms with van der Waals surface area (Å²) in [5.41, 5.74) is 6.38. The smallest absolute Gasteiger partial charge is 0.0553 e. The second-order valence-corrected chi connectivity index (χ2v) is 6.82. The van der Waals surface area contributed by atoms with Crippen LogP contribution in [0.5, 0.6) is 0 Å². The van der Waals surface area contributed by atoms with Crippen molar-refractivity contribution in [1.82, 2.24) is 0 Å². The zero-order chi connectivity index (χ0) is 13.1. The number of thioether (sulfide) groups is 1. The molecule has 2 nitrogen and oxygen atoms in total. The van der Waals surface area contributed by atoms with Crippen molar-refractivity contribution >= 4 is 11.8 Å². The molecule has 18 heavy (non-hydrogen) atoms. The van der Waals surface area contributed by atoms with Crippen molar-refractivity contribution < 1.29 is 4.74 Å². The summed E-state index contributed by atoms with van der Waals surface area (Å²) >= 11 is 2.03. The Hall–Kier alpha value is 0.270. The maximum absolute atomic E-state index is 6.38. The molecule has 1 rings (SSSR count). The third kappa shape index (κ3) is 7.65. The van der Waals surface area contributed by atoms with Gasteiger partial charge in [0, 0.05) is 24.2 Å². The Morgan fingerprint density at radius 1 is 0.944 bits per heavy atom. The molecule has 0 saturated heterocycles. The first-order chi connectivity index (χ1) is 8.84. The van der Waals surface area contributed by atoms with Gasteiger partial charge in [-0.1, -0.05) is 51.4 Å². The van der Waals surface area contributed by atoms with E-state index >= 15 is 0 Å². The highest BCUT2D eigenvalue weighted by Crippen LogP contribution is 2.24. The van der Waals surface area contributed by atoms with E-state index in [1.165, 1.54) is 64.2 Å². The van der Waals surface area contributed by atoms with Gasteiger partial charge in [-0.15, -0.1) is 0 Å². The van der Waals surface area contributed by atoms with Crippen molar-refractivity contribution in [2.24, 2.45) is 5.73 Å². The van der Waals surface area contributed by atoms with Crippen LogP contribution in [0.25, 0.3) is 0 Å². The lowest BCUT2D eigenvalue weighted by Gasteiger charge is -2.24. The SMILES string of the molecule is COCCSC1CCCCCCCCCCC1N. The average Bonchev–Trinajstić information content (AvgIpc) is 2.37. The first kappa shape index (κ1) is 16.3. The Kier molecular flexibility index (Phi) is 10.1. The van der Waals surface area contributed by atoms with Crippen LogP contribution in [0.3, 0.4) is 0 Å². The molecule has 108 valence electrons. The van der Waals surface area contributed by atoms with Gasteiger partial charge in [0.05, 0.1) is 6.61 Å². The van der Waals surface area contributed by atoms with E-state index in [1.54, 1.807) is 7.11 Å². The number of rotatable bonds is 4. The van der Waals surface area contributed by atoms with Crippen LogP contribution >= 0.6 is 11.8 Å².